The van der Waals surface area contributed by atoms with Crippen molar-refractivity contribution in [3.63, 3.8) is 0 Å². The van der Waals surface area contributed by atoms with Crippen molar-refractivity contribution in [1.29, 1.82) is 0 Å². The highest BCUT2D eigenvalue weighted by molar-refractivity contribution is 6.35. The second-order valence-electron chi connectivity index (χ2n) is 5.60. The van der Waals surface area contributed by atoms with E-state index in [0.717, 1.165) is 0 Å². The van der Waals surface area contributed by atoms with Crippen LogP contribution < -0.4 is 15.5 Å². The number of nitrogens with zero attached hydrogens (tertiary/aromatic N) is 1. The van der Waals surface area contributed by atoms with E-state index in [2.05, 4.69) is 10.6 Å². The van der Waals surface area contributed by atoms with E-state index in [1.165, 1.54) is 35.2 Å². The summed E-state index contributed by atoms with van der Waals surface area (Å²) in [7, 11) is 0. The predicted octanol–water partition coefficient (Wildman–Crippen LogP) is 4.06. The Morgan fingerprint density at radius 2 is 1.88 bits per heavy atom. The van der Waals surface area contributed by atoms with Gasteiger partial charge in [-0.25, -0.2) is 9.18 Å². The largest absolute Gasteiger partial charge is 0.333 e. The van der Waals surface area contributed by atoms with E-state index in [9.17, 15) is 14.0 Å². The van der Waals surface area contributed by atoms with Crippen LogP contribution in [-0.2, 0) is 4.79 Å². The smallest absolute Gasteiger partial charge is 0.319 e. The highest BCUT2D eigenvalue weighted by Crippen LogP contribution is 2.26. The predicted molar refractivity (Wildman–Crippen MR) is 95.8 cm³/mol. The van der Waals surface area contributed by atoms with Crippen molar-refractivity contribution in [1.82, 2.24) is 5.32 Å². The standard InChI is InChI=1S/C17H14Cl2FN3O2/c18-10-1-6-14(19)15(7-10)22-17(25)21-12-8-16(24)23(9-12)13-4-2-11(20)3-5-13/h1-7,12H,8-9H2,(H2,21,22,25)/t12-/m0/s1. The van der Waals surface area contributed by atoms with E-state index in [1.807, 2.05) is 0 Å². The molecule has 0 saturated carbocycles. The lowest BCUT2D eigenvalue weighted by molar-refractivity contribution is -0.117. The van der Waals surface area contributed by atoms with Crippen LogP contribution in [0.2, 0.25) is 10.0 Å². The second kappa shape index (κ2) is 7.29. The van der Waals surface area contributed by atoms with Crippen LogP contribution in [0.15, 0.2) is 42.5 Å². The number of hydrogen-bond acceptors (Lipinski definition) is 2. The first kappa shape index (κ1) is 17.5. The van der Waals surface area contributed by atoms with Crippen LogP contribution >= 0.6 is 23.2 Å². The number of amides is 3. The summed E-state index contributed by atoms with van der Waals surface area (Å²) in [6, 6.07) is 9.52. The summed E-state index contributed by atoms with van der Waals surface area (Å²) in [5.74, 6) is -0.513. The van der Waals surface area contributed by atoms with Gasteiger partial charge in [-0.2, -0.15) is 0 Å². The van der Waals surface area contributed by atoms with Crippen LogP contribution in [0.3, 0.4) is 0 Å². The van der Waals surface area contributed by atoms with E-state index in [1.54, 1.807) is 12.1 Å². The van der Waals surface area contributed by atoms with Gasteiger partial charge in [-0.15, -0.1) is 0 Å². The van der Waals surface area contributed by atoms with Crippen LogP contribution in [-0.4, -0.2) is 24.5 Å². The molecule has 8 heteroatoms. The average Bonchev–Trinajstić information content (AvgIpc) is 2.92. The number of anilines is 2. The molecule has 0 spiro atoms. The Labute approximate surface area is 153 Å². The molecule has 1 aliphatic rings. The maximum Gasteiger partial charge on any atom is 0.319 e. The zero-order chi connectivity index (χ0) is 18.0. The van der Waals surface area contributed by atoms with Gasteiger partial charge in [0, 0.05) is 23.7 Å². The number of halogens is 3. The van der Waals surface area contributed by atoms with E-state index in [4.69, 9.17) is 23.2 Å². The molecule has 1 heterocycles. The Bertz CT molecular complexity index is 814. The van der Waals surface area contributed by atoms with Gasteiger partial charge in [0.05, 0.1) is 16.8 Å². The molecule has 5 nitrogen and oxygen atoms in total. The summed E-state index contributed by atoms with van der Waals surface area (Å²) < 4.78 is 13.0. The van der Waals surface area contributed by atoms with Gasteiger partial charge in [0.2, 0.25) is 5.91 Å². The van der Waals surface area contributed by atoms with Gasteiger partial charge in [0.25, 0.3) is 0 Å². The van der Waals surface area contributed by atoms with Gasteiger partial charge in [-0.1, -0.05) is 23.2 Å². The molecular formula is C17H14Cl2FN3O2. The second-order valence-corrected chi connectivity index (χ2v) is 6.45. The molecule has 2 aromatic carbocycles. The zero-order valence-electron chi connectivity index (χ0n) is 12.9. The van der Waals surface area contributed by atoms with Crippen molar-refractivity contribution in [2.24, 2.45) is 0 Å². The van der Waals surface area contributed by atoms with Crippen LogP contribution in [0, 0.1) is 5.82 Å². The van der Waals surface area contributed by atoms with E-state index >= 15 is 0 Å². The van der Waals surface area contributed by atoms with E-state index in [0.29, 0.717) is 28.0 Å². The summed E-state index contributed by atoms with van der Waals surface area (Å²) >= 11 is 11.9. The third-order valence-corrected chi connectivity index (χ3v) is 4.34. The van der Waals surface area contributed by atoms with Crippen LogP contribution in [0.5, 0.6) is 0 Å². The molecule has 0 aliphatic carbocycles. The average molecular weight is 382 g/mol. The van der Waals surface area contributed by atoms with Crippen molar-refractivity contribution in [2.45, 2.75) is 12.5 Å². The van der Waals surface area contributed by atoms with Gasteiger partial charge in [0.15, 0.2) is 0 Å². The number of benzene rings is 2. The fourth-order valence-electron chi connectivity index (χ4n) is 2.61. The number of carbonyl (C=O) groups excluding carboxylic acids is 2. The van der Waals surface area contributed by atoms with Gasteiger partial charge >= 0.3 is 6.03 Å². The normalized spacial score (nSPS) is 16.8. The van der Waals surface area contributed by atoms with Crippen LogP contribution in [0.1, 0.15) is 6.42 Å². The molecule has 1 aliphatic heterocycles. The van der Waals surface area contributed by atoms with E-state index < -0.39 is 6.03 Å². The first-order valence-corrected chi connectivity index (χ1v) is 8.26. The lowest BCUT2D eigenvalue weighted by atomic mass is 10.2. The number of carbonyl (C=O) groups is 2. The summed E-state index contributed by atoms with van der Waals surface area (Å²) in [6.45, 7) is 0.307. The van der Waals surface area contributed by atoms with Gasteiger partial charge < -0.3 is 15.5 Å². The maximum atomic E-state index is 13.0. The van der Waals surface area contributed by atoms with Crippen molar-refractivity contribution < 1.29 is 14.0 Å². The molecule has 0 unspecified atom stereocenters. The molecule has 2 N–H and O–H groups in total. The molecule has 1 saturated heterocycles. The molecule has 3 rings (SSSR count). The monoisotopic (exact) mass is 381 g/mol. The number of rotatable bonds is 3. The van der Waals surface area contributed by atoms with Crippen molar-refractivity contribution in [2.75, 3.05) is 16.8 Å². The third kappa shape index (κ3) is 4.21. The molecule has 2 aromatic rings. The first-order valence-electron chi connectivity index (χ1n) is 7.51. The number of hydrogen-bond donors (Lipinski definition) is 2. The number of urea groups is 1. The number of nitrogens with one attached hydrogen (secondary N) is 2. The van der Waals surface area contributed by atoms with Gasteiger partial charge in [-0.3, -0.25) is 4.79 Å². The first-order chi connectivity index (χ1) is 11.9. The molecule has 1 fully saturated rings. The SMILES string of the molecule is O=C(Nc1cc(Cl)ccc1Cl)N[C@H]1CC(=O)N(c2ccc(F)cc2)C1. The lowest BCUT2D eigenvalue weighted by Gasteiger charge is -2.17. The molecular weight excluding hydrogens is 368 g/mol. The minimum atomic E-state index is -0.483. The Kier molecular flexibility index (Phi) is 5.11. The van der Waals surface area contributed by atoms with Crippen molar-refractivity contribution in [3.05, 3.63) is 58.3 Å². The molecule has 3 amide bonds. The van der Waals surface area contributed by atoms with E-state index in [-0.39, 0.29) is 24.2 Å². The van der Waals surface area contributed by atoms with Gasteiger partial charge in [0.1, 0.15) is 5.82 Å². The summed E-state index contributed by atoms with van der Waals surface area (Å²) in [5.41, 5.74) is 0.973. The maximum absolute atomic E-state index is 13.0. The molecule has 0 radical (unpaired) electrons. The Morgan fingerprint density at radius 3 is 2.60 bits per heavy atom. The summed E-state index contributed by atoms with van der Waals surface area (Å²) in [4.78, 5) is 25.8. The van der Waals surface area contributed by atoms with Crippen LogP contribution in [0.25, 0.3) is 0 Å². The molecule has 130 valence electrons. The topological polar surface area (TPSA) is 61.4 Å². The molecule has 25 heavy (non-hydrogen) atoms. The summed E-state index contributed by atoms with van der Waals surface area (Å²) in [5, 5.41) is 6.14. The van der Waals surface area contributed by atoms with Crippen LogP contribution in [0.4, 0.5) is 20.6 Å². The zero-order valence-corrected chi connectivity index (χ0v) is 14.4. The minimum Gasteiger partial charge on any atom is -0.333 e. The third-order valence-electron chi connectivity index (χ3n) is 3.78. The Balaban J connectivity index is 1.62. The van der Waals surface area contributed by atoms with Crippen molar-refractivity contribution in [3.8, 4) is 0 Å². The van der Waals surface area contributed by atoms with Crippen molar-refractivity contribution >= 4 is 46.5 Å². The summed E-state index contributed by atoms with van der Waals surface area (Å²) in [6.07, 6.45) is 0.161. The lowest BCUT2D eigenvalue weighted by Crippen LogP contribution is -2.39. The molecule has 0 aromatic heterocycles. The Hall–Kier alpha value is -2.31. The highest BCUT2D eigenvalue weighted by atomic mass is 35.5. The fraction of sp³-hybridized carbons (Fsp3) is 0.176. The molecule has 0 bridgehead atoms. The minimum absolute atomic E-state index is 0.141. The molecule has 1 atom stereocenters. The fourth-order valence-corrected chi connectivity index (χ4v) is 2.95. The van der Waals surface area contributed by atoms with Gasteiger partial charge in [-0.05, 0) is 42.5 Å². The highest BCUT2D eigenvalue weighted by Gasteiger charge is 2.31. The Morgan fingerprint density at radius 1 is 1.16 bits per heavy atom. The quantitative estimate of drug-likeness (QED) is 0.841.